The second-order valence-corrected chi connectivity index (χ2v) is 0.592. The molecule has 0 aromatic rings. The minimum atomic E-state index is -1.18. The number of nitrogens with two attached hydrogens (primary N) is 1. The van der Waals surface area contributed by atoms with Crippen LogP contribution in [0, 0.1) is 6.61 Å². The number of carbonyl (C=O) groups is 1. The Morgan fingerprint density at radius 3 is 2.50 bits per heavy atom. The first kappa shape index (κ1) is 5.39. The maximum Gasteiger partial charge on any atom is 0.338 e. The van der Waals surface area contributed by atoms with Crippen LogP contribution >= 0.6 is 0 Å². The van der Waals surface area contributed by atoms with Gasteiger partial charge in [-0.2, -0.15) is 0 Å². The van der Waals surface area contributed by atoms with Crippen molar-refractivity contribution in [3.05, 3.63) is 6.61 Å². The average Bonchev–Trinajstić information content (AvgIpc) is 1.35. The van der Waals surface area contributed by atoms with E-state index in [-0.39, 0.29) is 0 Å². The smallest absolute Gasteiger partial charge is 0.338 e. The fraction of sp³-hybridized carbons (Fsp3) is 0. The van der Waals surface area contributed by atoms with E-state index >= 15 is 0 Å². The van der Waals surface area contributed by atoms with Crippen LogP contribution in [0.25, 0.3) is 0 Å². The van der Waals surface area contributed by atoms with Gasteiger partial charge in [0.2, 0.25) is 6.61 Å². The minimum Gasteiger partial charge on any atom is -0.479 e. The van der Waals surface area contributed by atoms with Gasteiger partial charge >= 0.3 is 5.97 Å². The van der Waals surface area contributed by atoms with Crippen molar-refractivity contribution in [3.8, 4) is 0 Å². The fourth-order valence-corrected chi connectivity index (χ4v) is 0.0582. The van der Waals surface area contributed by atoms with Gasteiger partial charge < -0.3 is 5.11 Å². The monoisotopic (exact) mass is 90.0 g/mol. The van der Waals surface area contributed by atoms with E-state index < -0.39 is 5.97 Å². The first-order valence-corrected chi connectivity index (χ1v) is 1.19. The number of rotatable bonds is 2. The highest BCUT2D eigenvalue weighted by molar-refractivity contribution is 5.74. The molecule has 4 nitrogen and oxygen atoms in total. The summed E-state index contributed by atoms with van der Waals surface area (Å²) < 4.78 is 0. The summed E-state index contributed by atoms with van der Waals surface area (Å²) in [7, 11) is 0. The van der Waals surface area contributed by atoms with Crippen LogP contribution < -0.4 is 5.90 Å². The third-order valence-electron chi connectivity index (χ3n) is 0.169. The zero-order chi connectivity index (χ0) is 4.99. The zero-order valence-electron chi connectivity index (χ0n) is 2.92. The lowest BCUT2D eigenvalue weighted by molar-refractivity contribution is -0.137. The zero-order valence-corrected chi connectivity index (χ0v) is 2.92. The number of hydrogen-bond donors (Lipinski definition) is 2. The molecule has 0 fully saturated rings. The van der Waals surface area contributed by atoms with E-state index in [1.807, 2.05) is 0 Å². The molecule has 4 heteroatoms. The Kier molecular flexibility index (Phi) is 2.35. The Morgan fingerprint density at radius 2 is 2.50 bits per heavy atom. The molecule has 0 heterocycles. The average molecular weight is 90.1 g/mol. The summed E-state index contributed by atoms with van der Waals surface area (Å²) in [6.07, 6.45) is 0. The van der Waals surface area contributed by atoms with E-state index in [1.165, 1.54) is 0 Å². The van der Waals surface area contributed by atoms with Gasteiger partial charge in [0.25, 0.3) is 0 Å². The van der Waals surface area contributed by atoms with Crippen molar-refractivity contribution in [3.63, 3.8) is 0 Å². The maximum absolute atomic E-state index is 9.34. The minimum absolute atomic E-state index is 0.486. The fourth-order valence-electron chi connectivity index (χ4n) is 0.0582. The van der Waals surface area contributed by atoms with Gasteiger partial charge in [-0.25, -0.2) is 10.7 Å². The predicted octanol–water partition coefficient (Wildman–Crippen LogP) is -0.877. The van der Waals surface area contributed by atoms with E-state index in [4.69, 9.17) is 5.11 Å². The van der Waals surface area contributed by atoms with Gasteiger partial charge in [-0.1, -0.05) is 0 Å². The van der Waals surface area contributed by atoms with Crippen LogP contribution in [0.4, 0.5) is 0 Å². The third kappa shape index (κ3) is 3.39. The van der Waals surface area contributed by atoms with Crippen molar-refractivity contribution in [1.82, 2.24) is 0 Å². The number of hydrogen-bond acceptors (Lipinski definition) is 3. The van der Waals surface area contributed by atoms with Gasteiger partial charge in [0.05, 0.1) is 0 Å². The van der Waals surface area contributed by atoms with E-state index in [1.54, 1.807) is 0 Å². The summed E-state index contributed by atoms with van der Waals surface area (Å²) in [5.74, 6) is 3.11. The lowest BCUT2D eigenvalue weighted by Crippen LogP contribution is -2.03. The molecule has 0 aromatic carbocycles. The summed E-state index contributed by atoms with van der Waals surface area (Å²) in [5, 5.41) is 7.65. The van der Waals surface area contributed by atoms with Gasteiger partial charge in [-0.05, 0) is 0 Å². The number of carboxylic acid groups (broad SMARTS) is 1. The maximum atomic E-state index is 9.34. The molecule has 0 aromatic heterocycles. The van der Waals surface area contributed by atoms with Crippen molar-refractivity contribution in [1.29, 1.82) is 0 Å². The van der Waals surface area contributed by atoms with Crippen molar-refractivity contribution in [2.45, 2.75) is 0 Å². The van der Waals surface area contributed by atoms with Crippen LogP contribution in [-0.2, 0) is 9.63 Å². The SMILES string of the molecule is NO[CH]C(=O)O. The highest BCUT2D eigenvalue weighted by Crippen LogP contribution is 1.67. The van der Waals surface area contributed by atoms with E-state index in [0.717, 1.165) is 0 Å². The molecule has 0 bridgehead atoms. The van der Waals surface area contributed by atoms with Crippen LogP contribution in [0.2, 0.25) is 0 Å². The normalized spacial score (nSPS) is 8.17. The quantitative estimate of drug-likeness (QED) is 0.432. The van der Waals surface area contributed by atoms with E-state index in [0.29, 0.717) is 6.61 Å². The van der Waals surface area contributed by atoms with Gasteiger partial charge in [0.15, 0.2) is 0 Å². The molecule has 0 aliphatic rings. The summed E-state index contributed by atoms with van der Waals surface area (Å²) in [4.78, 5) is 12.9. The molecule has 3 N–H and O–H groups in total. The highest BCUT2D eigenvalue weighted by Gasteiger charge is 1.90. The number of carboxylic acids is 1. The summed E-state index contributed by atoms with van der Waals surface area (Å²) in [5.41, 5.74) is 0. The largest absolute Gasteiger partial charge is 0.479 e. The molecule has 6 heavy (non-hydrogen) atoms. The van der Waals surface area contributed by atoms with Gasteiger partial charge in [-0.15, -0.1) is 0 Å². The Balaban J connectivity index is 2.83. The molecule has 0 saturated heterocycles. The van der Waals surface area contributed by atoms with Crippen molar-refractivity contribution >= 4 is 5.97 Å². The highest BCUT2D eigenvalue weighted by atomic mass is 16.6. The number of aliphatic carboxylic acids is 1. The summed E-state index contributed by atoms with van der Waals surface area (Å²) >= 11 is 0. The predicted molar refractivity (Wildman–Crippen MR) is 17.2 cm³/mol. The van der Waals surface area contributed by atoms with E-state index in [9.17, 15) is 4.79 Å². The van der Waals surface area contributed by atoms with Crippen LogP contribution in [0.5, 0.6) is 0 Å². The lowest BCUT2D eigenvalue weighted by Gasteiger charge is -1.81. The van der Waals surface area contributed by atoms with Crippen molar-refractivity contribution in [2.24, 2.45) is 5.90 Å². The molecule has 0 aliphatic carbocycles. The molecular formula is C2H4NO3. The molecule has 0 unspecified atom stereocenters. The van der Waals surface area contributed by atoms with Gasteiger partial charge in [0, 0.05) is 0 Å². The van der Waals surface area contributed by atoms with Crippen molar-refractivity contribution < 1.29 is 14.7 Å². The molecule has 0 spiro atoms. The van der Waals surface area contributed by atoms with Crippen LogP contribution in [0.3, 0.4) is 0 Å². The molecule has 0 saturated carbocycles. The van der Waals surface area contributed by atoms with Crippen LogP contribution in [-0.4, -0.2) is 11.1 Å². The Hall–Kier alpha value is -0.610. The Labute approximate surface area is 34.5 Å². The molecule has 0 atom stereocenters. The molecule has 0 aliphatic heterocycles. The topological polar surface area (TPSA) is 72.5 Å². The van der Waals surface area contributed by atoms with E-state index in [2.05, 4.69) is 10.7 Å². The first-order valence-electron chi connectivity index (χ1n) is 1.19. The van der Waals surface area contributed by atoms with Gasteiger partial charge in [-0.3, -0.25) is 4.84 Å². The summed E-state index contributed by atoms with van der Waals surface area (Å²) in [6, 6.07) is 0. The van der Waals surface area contributed by atoms with Crippen molar-refractivity contribution in [2.75, 3.05) is 0 Å². The molecule has 1 radical (unpaired) electrons. The third-order valence-corrected chi connectivity index (χ3v) is 0.169. The Bertz CT molecular complexity index is 52.8. The Morgan fingerprint density at radius 1 is 2.00 bits per heavy atom. The summed E-state index contributed by atoms with van der Waals surface area (Å²) in [6.45, 7) is 0.486. The van der Waals surface area contributed by atoms with Gasteiger partial charge in [0.1, 0.15) is 0 Å². The first-order chi connectivity index (χ1) is 2.77. The lowest BCUT2D eigenvalue weighted by atomic mass is 10.8. The molecule has 0 rings (SSSR count). The second kappa shape index (κ2) is 2.62. The molecular weight excluding hydrogens is 86.0 g/mol. The molecule has 0 amide bonds. The van der Waals surface area contributed by atoms with Crippen LogP contribution in [0.15, 0.2) is 0 Å². The second-order valence-electron chi connectivity index (χ2n) is 0.592. The standard InChI is InChI=1S/C2H4NO3/c3-6-1-2(4)5/h1H,3H2,(H,4,5). The molecule has 35 valence electrons. The van der Waals surface area contributed by atoms with Crippen LogP contribution in [0.1, 0.15) is 0 Å².